The first-order valence-electron chi connectivity index (χ1n) is 10.2. The summed E-state index contributed by atoms with van der Waals surface area (Å²) in [5.41, 5.74) is 6.26. The van der Waals surface area contributed by atoms with Crippen LogP contribution in [0.1, 0.15) is 28.7 Å². The van der Waals surface area contributed by atoms with E-state index in [0.29, 0.717) is 5.57 Å². The Kier molecular flexibility index (Phi) is 6.02. The number of fused-ring (bicyclic) bond motifs is 1. The minimum atomic E-state index is 0.660. The van der Waals surface area contributed by atoms with E-state index in [1.165, 1.54) is 11.1 Å². The molecule has 0 saturated heterocycles. The molecule has 1 aromatic heterocycles. The van der Waals surface area contributed by atoms with Crippen LogP contribution in [0.4, 0.5) is 0 Å². The first-order valence-corrected chi connectivity index (χ1v) is 10.5. The van der Waals surface area contributed by atoms with Gasteiger partial charge >= 0.3 is 0 Å². The van der Waals surface area contributed by atoms with Crippen molar-refractivity contribution in [3.8, 4) is 6.07 Å². The van der Waals surface area contributed by atoms with Gasteiger partial charge in [0.2, 0.25) is 0 Å². The van der Waals surface area contributed by atoms with E-state index in [1.54, 1.807) is 0 Å². The Balaban J connectivity index is 1.66. The van der Waals surface area contributed by atoms with Crippen LogP contribution in [-0.2, 0) is 13.0 Å². The molecular weight excluding hydrogens is 388 g/mol. The summed E-state index contributed by atoms with van der Waals surface area (Å²) in [4.78, 5) is 0. The molecule has 0 radical (unpaired) electrons. The highest BCUT2D eigenvalue weighted by molar-refractivity contribution is 6.31. The molecule has 0 saturated carbocycles. The Morgan fingerprint density at radius 1 is 1.03 bits per heavy atom. The summed E-state index contributed by atoms with van der Waals surface area (Å²) in [5, 5.41) is 11.6. The van der Waals surface area contributed by atoms with Crippen molar-refractivity contribution in [3.05, 3.63) is 106 Å². The number of nitrogens with zero attached hydrogens (tertiary/aromatic N) is 2. The van der Waals surface area contributed by atoms with Crippen molar-refractivity contribution in [2.24, 2.45) is 0 Å². The van der Waals surface area contributed by atoms with Crippen LogP contribution in [0.25, 0.3) is 22.6 Å². The van der Waals surface area contributed by atoms with E-state index in [1.807, 2.05) is 61.5 Å². The molecule has 0 unspecified atom stereocenters. The van der Waals surface area contributed by atoms with Crippen LogP contribution in [-0.4, -0.2) is 4.57 Å². The van der Waals surface area contributed by atoms with E-state index < -0.39 is 0 Å². The van der Waals surface area contributed by atoms with Gasteiger partial charge in [0.15, 0.2) is 0 Å². The SMILES string of the molecule is Cc1ccc(/C(C#N)=C/c2cn(CCCc3ccccc3)c3cc(Cl)ccc23)cc1. The van der Waals surface area contributed by atoms with Crippen LogP contribution >= 0.6 is 11.6 Å². The van der Waals surface area contributed by atoms with Gasteiger partial charge in [0.05, 0.1) is 17.2 Å². The van der Waals surface area contributed by atoms with Gasteiger partial charge in [-0.1, -0.05) is 77.8 Å². The van der Waals surface area contributed by atoms with Crippen LogP contribution in [0.15, 0.2) is 79.0 Å². The summed E-state index contributed by atoms with van der Waals surface area (Å²) in [6.07, 6.45) is 6.18. The third-order valence-corrected chi connectivity index (χ3v) is 5.60. The molecule has 0 aliphatic rings. The van der Waals surface area contributed by atoms with Crippen molar-refractivity contribution in [2.45, 2.75) is 26.3 Å². The minimum absolute atomic E-state index is 0.660. The van der Waals surface area contributed by atoms with E-state index in [9.17, 15) is 5.26 Å². The fourth-order valence-electron chi connectivity index (χ4n) is 3.76. The topological polar surface area (TPSA) is 28.7 Å². The average Bonchev–Trinajstić information content (AvgIpc) is 3.10. The van der Waals surface area contributed by atoms with Crippen molar-refractivity contribution in [2.75, 3.05) is 0 Å². The predicted molar refractivity (Wildman–Crippen MR) is 126 cm³/mol. The number of halogens is 1. The third-order valence-electron chi connectivity index (χ3n) is 5.37. The fourth-order valence-corrected chi connectivity index (χ4v) is 3.93. The van der Waals surface area contributed by atoms with Gasteiger partial charge in [0.25, 0.3) is 0 Å². The van der Waals surface area contributed by atoms with Gasteiger partial charge in [0.1, 0.15) is 0 Å². The van der Waals surface area contributed by atoms with Crippen molar-refractivity contribution in [1.29, 1.82) is 5.26 Å². The van der Waals surface area contributed by atoms with Crippen molar-refractivity contribution >= 4 is 34.2 Å². The molecule has 4 rings (SSSR count). The lowest BCUT2D eigenvalue weighted by molar-refractivity contribution is 0.662. The minimum Gasteiger partial charge on any atom is -0.347 e. The van der Waals surface area contributed by atoms with Crippen LogP contribution < -0.4 is 0 Å². The molecule has 30 heavy (non-hydrogen) atoms. The van der Waals surface area contributed by atoms with Gasteiger partial charge in [-0.2, -0.15) is 5.26 Å². The molecule has 3 aromatic carbocycles. The number of hydrogen-bond acceptors (Lipinski definition) is 1. The highest BCUT2D eigenvalue weighted by atomic mass is 35.5. The maximum Gasteiger partial charge on any atom is 0.0998 e. The summed E-state index contributed by atoms with van der Waals surface area (Å²) in [6, 6.07) is 26.9. The summed E-state index contributed by atoms with van der Waals surface area (Å²) in [6.45, 7) is 2.94. The van der Waals surface area contributed by atoms with Crippen molar-refractivity contribution in [1.82, 2.24) is 4.57 Å². The Labute approximate surface area is 182 Å². The van der Waals surface area contributed by atoms with E-state index in [4.69, 9.17) is 11.6 Å². The molecule has 2 nitrogen and oxygen atoms in total. The monoisotopic (exact) mass is 410 g/mol. The second kappa shape index (κ2) is 9.03. The second-order valence-corrected chi connectivity index (χ2v) is 8.00. The molecule has 0 fully saturated rings. The predicted octanol–water partition coefficient (Wildman–Crippen LogP) is 7.30. The Hall–Kier alpha value is -3.28. The molecule has 0 aliphatic carbocycles. The lowest BCUT2D eigenvalue weighted by atomic mass is 10.0. The van der Waals surface area contributed by atoms with Crippen LogP contribution in [0, 0.1) is 18.3 Å². The molecule has 148 valence electrons. The van der Waals surface area contributed by atoms with E-state index >= 15 is 0 Å². The number of nitriles is 1. The summed E-state index contributed by atoms with van der Waals surface area (Å²) >= 11 is 6.29. The number of aryl methyl sites for hydroxylation is 3. The van der Waals surface area contributed by atoms with E-state index in [-0.39, 0.29) is 0 Å². The maximum absolute atomic E-state index is 9.75. The fraction of sp³-hybridized carbons (Fsp3) is 0.148. The first-order chi connectivity index (χ1) is 14.6. The molecule has 0 atom stereocenters. The van der Waals surface area contributed by atoms with Gasteiger partial charge in [-0.3, -0.25) is 0 Å². The van der Waals surface area contributed by atoms with Gasteiger partial charge in [-0.05, 0) is 49.1 Å². The van der Waals surface area contributed by atoms with E-state index in [0.717, 1.165) is 46.4 Å². The highest BCUT2D eigenvalue weighted by Crippen LogP contribution is 2.29. The van der Waals surface area contributed by atoms with Gasteiger partial charge in [-0.15, -0.1) is 0 Å². The number of rotatable bonds is 6. The van der Waals surface area contributed by atoms with Crippen LogP contribution in [0.5, 0.6) is 0 Å². The molecule has 3 heteroatoms. The third kappa shape index (κ3) is 4.48. The normalized spacial score (nSPS) is 11.6. The number of allylic oxidation sites excluding steroid dienone is 1. The lowest BCUT2D eigenvalue weighted by Crippen LogP contribution is -1.98. The standard InChI is InChI=1S/C27H23ClN2/c1-20-9-11-22(12-10-20)23(18-29)16-24-19-30(27-17-25(28)13-14-26(24)27)15-5-8-21-6-3-2-4-7-21/h2-4,6-7,9-14,16-17,19H,5,8,15H2,1H3/b23-16+. The summed E-state index contributed by atoms with van der Waals surface area (Å²) in [7, 11) is 0. The Morgan fingerprint density at radius 3 is 2.53 bits per heavy atom. The van der Waals surface area contributed by atoms with Crippen LogP contribution in [0.2, 0.25) is 5.02 Å². The van der Waals surface area contributed by atoms with Gasteiger partial charge in [0, 0.05) is 28.7 Å². The van der Waals surface area contributed by atoms with E-state index in [2.05, 4.69) is 41.1 Å². The zero-order chi connectivity index (χ0) is 20.9. The molecule has 0 aliphatic heterocycles. The molecule has 0 bridgehead atoms. The van der Waals surface area contributed by atoms with Crippen LogP contribution in [0.3, 0.4) is 0 Å². The average molecular weight is 411 g/mol. The first kappa shape index (κ1) is 20.0. The smallest absolute Gasteiger partial charge is 0.0998 e. The van der Waals surface area contributed by atoms with Crippen molar-refractivity contribution < 1.29 is 0 Å². The Morgan fingerprint density at radius 2 is 1.80 bits per heavy atom. The summed E-state index contributed by atoms with van der Waals surface area (Å²) in [5.74, 6) is 0. The molecule has 0 spiro atoms. The second-order valence-electron chi connectivity index (χ2n) is 7.56. The summed E-state index contributed by atoms with van der Waals surface area (Å²) < 4.78 is 2.25. The maximum atomic E-state index is 9.75. The quantitative estimate of drug-likeness (QED) is 0.306. The molecule has 4 aromatic rings. The largest absolute Gasteiger partial charge is 0.347 e. The molecule has 0 amide bonds. The van der Waals surface area contributed by atoms with Gasteiger partial charge in [-0.25, -0.2) is 0 Å². The van der Waals surface area contributed by atoms with Gasteiger partial charge < -0.3 is 4.57 Å². The molecule has 1 heterocycles. The zero-order valence-electron chi connectivity index (χ0n) is 17.0. The van der Waals surface area contributed by atoms with Crippen molar-refractivity contribution in [3.63, 3.8) is 0 Å². The molecule has 0 N–H and O–H groups in total. The Bertz CT molecular complexity index is 1230. The highest BCUT2D eigenvalue weighted by Gasteiger charge is 2.10. The zero-order valence-corrected chi connectivity index (χ0v) is 17.7. The number of hydrogen-bond donors (Lipinski definition) is 0. The lowest BCUT2D eigenvalue weighted by Gasteiger charge is -2.06. The molecular formula is C27H23ClN2. The number of aromatic nitrogens is 1. The number of benzene rings is 3.